The second kappa shape index (κ2) is 6.56. The van der Waals surface area contributed by atoms with E-state index in [0.29, 0.717) is 33.6 Å². The molecule has 0 spiro atoms. The van der Waals surface area contributed by atoms with E-state index in [1.54, 1.807) is 38.5 Å². The van der Waals surface area contributed by atoms with Crippen molar-refractivity contribution in [1.82, 2.24) is 9.97 Å². The molecule has 0 unspecified atom stereocenters. The van der Waals surface area contributed by atoms with Crippen LogP contribution in [0.3, 0.4) is 0 Å². The second-order valence-corrected chi connectivity index (χ2v) is 4.76. The van der Waals surface area contributed by atoms with E-state index < -0.39 is 0 Å². The topological polar surface area (TPSA) is 53.5 Å². The molecule has 1 heterocycles. The Morgan fingerprint density at radius 3 is 2.10 bits per heavy atom. The van der Waals surface area contributed by atoms with Crippen molar-refractivity contribution in [3.05, 3.63) is 34.7 Å². The lowest BCUT2D eigenvalue weighted by Gasteiger charge is -2.10. The average Bonchev–Trinajstić information content (AvgIpc) is 2.46. The minimum Gasteiger partial charge on any atom is -0.496 e. The quantitative estimate of drug-likeness (QED) is 0.779. The first kappa shape index (κ1) is 14.6. The molecule has 0 saturated heterocycles. The predicted molar refractivity (Wildman–Crippen MR) is 78.7 cm³/mol. The molecule has 0 N–H and O–H groups in total. The van der Waals surface area contributed by atoms with Crippen molar-refractivity contribution in [2.45, 2.75) is 13.3 Å². The second-order valence-electron chi connectivity index (χ2n) is 3.95. The summed E-state index contributed by atoms with van der Waals surface area (Å²) in [6.07, 6.45) is 0.733. The number of ether oxygens (including phenoxy) is 3. The molecule has 1 aromatic heterocycles. The standard InChI is InChI=1S/C14H15BrN2O3/c1-4-13-16-12(15)8-14(17-13)20-11-6-9(18-2)5-10(7-11)19-3/h5-8H,4H2,1-3H3. The number of rotatable bonds is 5. The Bertz CT molecular complexity index is 583. The van der Waals surface area contributed by atoms with Crippen LogP contribution in [-0.2, 0) is 6.42 Å². The van der Waals surface area contributed by atoms with Gasteiger partial charge in [0.1, 0.15) is 27.7 Å². The first-order chi connectivity index (χ1) is 9.64. The van der Waals surface area contributed by atoms with Crippen LogP contribution in [0.2, 0.25) is 0 Å². The molecule has 2 rings (SSSR count). The molecule has 0 aliphatic carbocycles. The van der Waals surface area contributed by atoms with E-state index in [1.807, 2.05) is 6.92 Å². The molecule has 20 heavy (non-hydrogen) atoms. The van der Waals surface area contributed by atoms with Crippen molar-refractivity contribution in [3.8, 4) is 23.1 Å². The number of benzene rings is 1. The molecule has 0 aliphatic heterocycles. The number of hydrogen-bond acceptors (Lipinski definition) is 5. The fraction of sp³-hybridized carbons (Fsp3) is 0.286. The number of nitrogens with zero attached hydrogens (tertiary/aromatic N) is 2. The third-order valence-corrected chi connectivity index (χ3v) is 2.99. The van der Waals surface area contributed by atoms with Gasteiger partial charge >= 0.3 is 0 Å². The molecule has 0 amide bonds. The zero-order chi connectivity index (χ0) is 14.5. The summed E-state index contributed by atoms with van der Waals surface area (Å²) in [5.74, 6) is 3.09. The summed E-state index contributed by atoms with van der Waals surface area (Å²) in [4.78, 5) is 8.55. The van der Waals surface area contributed by atoms with Gasteiger partial charge in [-0.05, 0) is 15.9 Å². The Balaban J connectivity index is 2.31. The monoisotopic (exact) mass is 338 g/mol. The molecule has 2 aromatic rings. The summed E-state index contributed by atoms with van der Waals surface area (Å²) < 4.78 is 16.8. The van der Waals surface area contributed by atoms with Crippen LogP contribution in [0, 0.1) is 0 Å². The molecule has 0 bridgehead atoms. The van der Waals surface area contributed by atoms with Crippen LogP contribution in [0.15, 0.2) is 28.9 Å². The highest BCUT2D eigenvalue weighted by Gasteiger charge is 2.07. The predicted octanol–water partition coefficient (Wildman–Crippen LogP) is 3.61. The lowest BCUT2D eigenvalue weighted by Crippen LogP contribution is -1.97. The Labute approximate surface area is 126 Å². The van der Waals surface area contributed by atoms with Crippen molar-refractivity contribution in [3.63, 3.8) is 0 Å². The smallest absolute Gasteiger partial charge is 0.223 e. The van der Waals surface area contributed by atoms with Gasteiger partial charge in [-0.2, -0.15) is 4.98 Å². The molecule has 0 aliphatic rings. The Morgan fingerprint density at radius 1 is 0.950 bits per heavy atom. The summed E-state index contributed by atoms with van der Waals surface area (Å²) in [6, 6.07) is 7.03. The van der Waals surface area contributed by atoms with Crippen molar-refractivity contribution in [1.29, 1.82) is 0 Å². The van der Waals surface area contributed by atoms with Gasteiger partial charge in [0, 0.05) is 30.7 Å². The minimum atomic E-state index is 0.471. The van der Waals surface area contributed by atoms with Crippen LogP contribution in [0.5, 0.6) is 23.1 Å². The van der Waals surface area contributed by atoms with Crippen molar-refractivity contribution in [2.75, 3.05) is 14.2 Å². The van der Waals surface area contributed by atoms with Crippen molar-refractivity contribution in [2.24, 2.45) is 0 Å². The van der Waals surface area contributed by atoms with Gasteiger partial charge in [0.15, 0.2) is 0 Å². The van der Waals surface area contributed by atoms with E-state index in [9.17, 15) is 0 Å². The van der Waals surface area contributed by atoms with Crippen LogP contribution in [0.1, 0.15) is 12.7 Å². The van der Waals surface area contributed by atoms with E-state index in [1.165, 1.54) is 0 Å². The van der Waals surface area contributed by atoms with Crippen LogP contribution in [-0.4, -0.2) is 24.2 Å². The van der Waals surface area contributed by atoms with Gasteiger partial charge in [0.2, 0.25) is 5.88 Å². The van der Waals surface area contributed by atoms with E-state index in [-0.39, 0.29) is 0 Å². The SMILES string of the molecule is CCc1nc(Br)cc(Oc2cc(OC)cc(OC)c2)n1. The lowest BCUT2D eigenvalue weighted by atomic mass is 10.3. The molecule has 0 fully saturated rings. The fourth-order valence-corrected chi connectivity index (χ4v) is 2.01. The molecule has 6 heteroatoms. The summed E-state index contributed by atoms with van der Waals surface area (Å²) in [5.41, 5.74) is 0. The van der Waals surface area contributed by atoms with Crippen LogP contribution >= 0.6 is 15.9 Å². The molecule has 0 radical (unpaired) electrons. The summed E-state index contributed by atoms with van der Waals surface area (Å²) >= 11 is 3.34. The zero-order valence-electron chi connectivity index (χ0n) is 11.5. The van der Waals surface area contributed by atoms with Crippen molar-refractivity contribution < 1.29 is 14.2 Å². The van der Waals surface area contributed by atoms with Gasteiger partial charge in [0.05, 0.1) is 14.2 Å². The lowest BCUT2D eigenvalue weighted by molar-refractivity contribution is 0.384. The van der Waals surface area contributed by atoms with Gasteiger partial charge in [0.25, 0.3) is 0 Å². The highest BCUT2D eigenvalue weighted by molar-refractivity contribution is 9.10. The van der Waals surface area contributed by atoms with E-state index >= 15 is 0 Å². The largest absolute Gasteiger partial charge is 0.496 e. The Kier molecular flexibility index (Phi) is 4.79. The Hall–Kier alpha value is -1.82. The number of halogens is 1. The maximum atomic E-state index is 5.75. The van der Waals surface area contributed by atoms with E-state index in [4.69, 9.17) is 14.2 Å². The first-order valence-electron chi connectivity index (χ1n) is 6.09. The van der Waals surface area contributed by atoms with Gasteiger partial charge in [-0.3, -0.25) is 0 Å². The number of methoxy groups -OCH3 is 2. The van der Waals surface area contributed by atoms with Crippen LogP contribution in [0.4, 0.5) is 0 Å². The van der Waals surface area contributed by atoms with Gasteiger partial charge < -0.3 is 14.2 Å². The van der Waals surface area contributed by atoms with Gasteiger partial charge in [-0.15, -0.1) is 0 Å². The van der Waals surface area contributed by atoms with Crippen LogP contribution < -0.4 is 14.2 Å². The number of aromatic nitrogens is 2. The van der Waals surface area contributed by atoms with Crippen molar-refractivity contribution >= 4 is 15.9 Å². The summed E-state index contributed by atoms with van der Waals surface area (Å²) in [5, 5.41) is 0. The summed E-state index contributed by atoms with van der Waals surface area (Å²) in [7, 11) is 3.18. The zero-order valence-corrected chi connectivity index (χ0v) is 13.1. The molecular formula is C14H15BrN2O3. The number of aryl methyl sites for hydroxylation is 1. The Morgan fingerprint density at radius 2 is 1.55 bits per heavy atom. The molecule has 0 saturated carbocycles. The molecule has 5 nitrogen and oxygen atoms in total. The minimum absolute atomic E-state index is 0.471. The normalized spacial score (nSPS) is 10.2. The highest BCUT2D eigenvalue weighted by atomic mass is 79.9. The third-order valence-electron chi connectivity index (χ3n) is 2.58. The maximum Gasteiger partial charge on any atom is 0.223 e. The first-order valence-corrected chi connectivity index (χ1v) is 6.88. The fourth-order valence-electron chi connectivity index (χ4n) is 1.61. The van der Waals surface area contributed by atoms with E-state index in [0.717, 1.165) is 6.42 Å². The molecule has 106 valence electrons. The van der Waals surface area contributed by atoms with E-state index in [2.05, 4.69) is 25.9 Å². The third kappa shape index (κ3) is 3.60. The maximum absolute atomic E-state index is 5.75. The number of hydrogen-bond donors (Lipinski definition) is 0. The van der Waals surface area contributed by atoms with Crippen LogP contribution in [0.25, 0.3) is 0 Å². The molecule has 1 aromatic carbocycles. The van der Waals surface area contributed by atoms with Gasteiger partial charge in [-0.1, -0.05) is 6.92 Å². The summed E-state index contributed by atoms with van der Waals surface area (Å²) in [6.45, 7) is 1.99. The highest BCUT2D eigenvalue weighted by Crippen LogP contribution is 2.30. The van der Waals surface area contributed by atoms with Gasteiger partial charge in [-0.25, -0.2) is 4.98 Å². The average molecular weight is 339 g/mol. The molecule has 0 atom stereocenters. The molecular weight excluding hydrogens is 324 g/mol.